The van der Waals surface area contributed by atoms with E-state index in [2.05, 4.69) is 27.0 Å². The molecular formula is C22H19F3N4O. The Morgan fingerprint density at radius 1 is 1.10 bits per heavy atom. The van der Waals surface area contributed by atoms with Gasteiger partial charge in [0.15, 0.2) is 0 Å². The van der Waals surface area contributed by atoms with Crippen LogP contribution in [0.2, 0.25) is 0 Å². The third kappa shape index (κ3) is 5.44. The Labute approximate surface area is 171 Å². The molecule has 1 N–H and O–H groups in total. The minimum absolute atomic E-state index is 0.0306. The first-order chi connectivity index (χ1) is 14.4. The topological polar surface area (TPSA) is 59.4 Å². The molecule has 1 aromatic heterocycles. The van der Waals surface area contributed by atoms with E-state index in [1.54, 1.807) is 12.1 Å². The van der Waals surface area contributed by atoms with Crippen LogP contribution in [0.3, 0.4) is 0 Å². The summed E-state index contributed by atoms with van der Waals surface area (Å²) in [4.78, 5) is 12.1. The molecule has 3 rings (SSSR count). The molecule has 0 saturated heterocycles. The number of nitrogens with one attached hydrogen (secondary N) is 1. The van der Waals surface area contributed by atoms with E-state index in [0.717, 1.165) is 41.4 Å². The highest BCUT2D eigenvalue weighted by molar-refractivity contribution is 5.88. The lowest BCUT2D eigenvalue weighted by Crippen LogP contribution is -2.08. The van der Waals surface area contributed by atoms with Crippen LogP contribution in [-0.4, -0.2) is 22.9 Å². The fourth-order valence-corrected chi connectivity index (χ4v) is 2.54. The molecule has 1 heterocycles. The second-order valence-corrected chi connectivity index (χ2v) is 6.35. The number of nitrogens with zero attached hydrogens (tertiary/aromatic N) is 3. The van der Waals surface area contributed by atoms with Crippen LogP contribution in [0.25, 0.3) is 10.9 Å². The van der Waals surface area contributed by atoms with Gasteiger partial charge in [-0.3, -0.25) is 0 Å². The molecule has 0 saturated carbocycles. The lowest BCUT2D eigenvalue weighted by molar-refractivity contribution is -0.0913. The molecule has 0 aliphatic rings. The van der Waals surface area contributed by atoms with Gasteiger partial charge in [0.2, 0.25) is 5.88 Å². The number of para-hydroxylation sites is 1. The molecule has 0 aliphatic carbocycles. The lowest BCUT2D eigenvalue weighted by Gasteiger charge is -2.10. The zero-order valence-electron chi connectivity index (χ0n) is 16.1. The Bertz CT molecular complexity index is 1080. The van der Waals surface area contributed by atoms with Crippen molar-refractivity contribution in [2.24, 2.45) is 4.99 Å². The number of hydrogen-bond acceptors (Lipinski definition) is 5. The molecule has 0 radical (unpaired) electrons. The quantitative estimate of drug-likeness (QED) is 0.309. The summed E-state index contributed by atoms with van der Waals surface area (Å²) in [5, 5.41) is 4.20. The van der Waals surface area contributed by atoms with E-state index in [9.17, 15) is 13.2 Å². The van der Waals surface area contributed by atoms with Gasteiger partial charge in [0, 0.05) is 23.6 Å². The van der Waals surface area contributed by atoms with Gasteiger partial charge in [-0.05, 0) is 49.5 Å². The van der Waals surface area contributed by atoms with Crippen LogP contribution in [0.15, 0.2) is 83.5 Å². The molecule has 154 valence electrons. The Kier molecular flexibility index (Phi) is 6.46. The second-order valence-electron chi connectivity index (χ2n) is 6.35. The number of allylic oxidation sites excluding steroid dienone is 3. The predicted octanol–water partition coefficient (Wildman–Crippen LogP) is 5.67. The van der Waals surface area contributed by atoms with Crippen molar-refractivity contribution in [1.29, 1.82) is 0 Å². The average molecular weight is 412 g/mol. The smallest absolute Gasteiger partial charge is 0.412 e. The summed E-state index contributed by atoms with van der Waals surface area (Å²) in [5.41, 5.74) is 1.06. The molecule has 2 aromatic carbocycles. The Morgan fingerprint density at radius 2 is 1.83 bits per heavy atom. The number of fused-ring (bicyclic) bond motifs is 1. The number of benzene rings is 2. The molecule has 0 fully saturated rings. The zero-order chi connectivity index (χ0) is 21.6. The molecule has 0 bridgehead atoms. The van der Waals surface area contributed by atoms with Crippen molar-refractivity contribution in [2.45, 2.75) is 19.6 Å². The minimum Gasteiger partial charge on any atom is -0.439 e. The number of ether oxygens (including phenoxy) is 1. The van der Waals surface area contributed by atoms with Crippen LogP contribution >= 0.6 is 0 Å². The number of anilines is 1. The second kappa shape index (κ2) is 9.21. The van der Waals surface area contributed by atoms with Crippen molar-refractivity contribution in [1.82, 2.24) is 9.97 Å². The summed E-state index contributed by atoms with van der Waals surface area (Å²) < 4.78 is 43.2. The number of alkyl halides is 3. The van der Waals surface area contributed by atoms with E-state index in [0.29, 0.717) is 12.3 Å². The maximum atomic E-state index is 12.6. The Morgan fingerprint density at radius 3 is 2.53 bits per heavy atom. The maximum Gasteiger partial charge on any atom is 0.412 e. The van der Waals surface area contributed by atoms with E-state index in [1.807, 2.05) is 36.4 Å². The lowest BCUT2D eigenvalue weighted by atomic mass is 10.2. The maximum absolute atomic E-state index is 12.6. The molecule has 0 unspecified atom stereocenters. The van der Waals surface area contributed by atoms with E-state index >= 15 is 0 Å². The normalized spacial score (nSPS) is 12.7. The van der Waals surface area contributed by atoms with Crippen LogP contribution < -0.4 is 10.1 Å². The highest BCUT2D eigenvalue weighted by atomic mass is 19.4. The molecule has 8 heteroatoms. The Hall–Kier alpha value is -3.68. The fraction of sp³-hybridized carbons (Fsp3) is 0.136. The largest absolute Gasteiger partial charge is 0.439 e. The monoisotopic (exact) mass is 412 g/mol. The standard InChI is InChI=1S/C22H19F3N4O/c1-15(22(23,24)25)7-12-20(26-2)30-17-10-8-16(9-11-17)13-27-21-18-5-3-4-6-19(18)28-14-29-21/h3-12,14H,2,13H2,1H3,(H,27,28,29)/b15-7+,20-12+. The highest BCUT2D eigenvalue weighted by Gasteiger charge is 2.29. The molecule has 30 heavy (non-hydrogen) atoms. The van der Waals surface area contributed by atoms with Crippen LogP contribution in [-0.2, 0) is 6.54 Å². The molecule has 5 nitrogen and oxygen atoms in total. The molecule has 0 atom stereocenters. The predicted molar refractivity (Wildman–Crippen MR) is 111 cm³/mol. The third-order valence-electron chi connectivity index (χ3n) is 4.23. The van der Waals surface area contributed by atoms with Crippen molar-refractivity contribution in [3.05, 3.63) is 84.0 Å². The summed E-state index contributed by atoms with van der Waals surface area (Å²) in [6.07, 6.45) is -0.862. The van der Waals surface area contributed by atoms with Gasteiger partial charge in [0.1, 0.15) is 17.9 Å². The van der Waals surface area contributed by atoms with Gasteiger partial charge in [-0.15, -0.1) is 0 Å². The van der Waals surface area contributed by atoms with Gasteiger partial charge in [0.25, 0.3) is 0 Å². The van der Waals surface area contributed by atoms with Crippen LogP contribution in [0.4, 0.5) is 19.0 Å². The summed E-state index contributed by atoms with van der Waals surface area (Å²) in [5.74, 6) is 1.13. The van der Waals surface area contributed by atoms with Gasteiger partial charge in [-0.25, -0.2) is 15.0 Å². The number of aromatic nitrogens is 2. The first kappa shape index (κ1) is 21.0. The van der Waals surface area contributed by atoms with E-state index in [4.69, 9.17) is 4.74 Å². The van der Waals surface area contributed by atoms with Crippen molar-refractivity contribution < 1.29 is 17.9 Å². The third-order valence-corrected chi connectivity index (χ3v) is 4.23. The number of rotatable bonds is 7. The summed E-state index contributed by atoms with van der Waals surface area (Å²) in [7, 11) is 0. The number of halogens is 3. The number of hydrogen-bond donors (Lipinski definition) is 1. The van der Waals surface area contributed by atoms with Gasteiger partial charge in [-0.2, -0.15) is 13.2 Å². The zero-order valence-corrected chi connectivity index (χ0v) is 16.1. The fourth-order valence-electron chi connectivity index (χ4n) is 2.54. The molecule has 0 spiro atoms. The minimum atomic E-state index is -4.40. The van der Waals surface area contributed by atoms with Gasteiger partial charge < -0.3 is 10.1 Å². The van der Waals surface area contributed by atoms with Crippen molar-refractivity contribution >= 4 is 23.4 Å². The van der Waals surface area contributed by atoms with Crippen molar-refractivity contribution in [3.63, 3.8) is 0 Å². The van der Waals surface area contributed by atoms with Gasteiger partial charge in [-0.1, -0.05) is 24.3 Å². The highest BCUT2D eigenvalue weighted by Crippen LogP contribution is 2.25. The van der Waals surface area contributed by atoms with E-state index < -0.39 is 11.7 Å². The van der Waals surface area contributed by atoms with Crippen LogP contribution in [0.1, 0.15) is 12.5 Å². The van der Waals surface area contributed by atoms with Gasteiger partial charge in [0.05, 0.1) is 5.52 Å². The summed E-state index contributed by atoms with van der Waals surface area (Å²) >= 11 is 0. The SMILES string of the molecule is C=N/C(=C\C=C(/C)C(F)(F)F)Oc1ccc(CNc2ncnc3ccccc23)cc1. The molecular weight excluding hydrogens is 393 g/mol. The molecule has 3 aromatic rings. The summed E-state index contributed by atoms with van der Waals surface area (Å²) in [6.45, 7) is 4.82. The first-order valence-electron chi connectivity index (χ1n) is 9.00. The first-order valence-corrected chi connectivity index (χ1v) is 9.00. The van der Waals surface area contributed by atoms with Crippen LogP contribution in [0.5, 0.6) is 5.75 Å². The Balaban J connectivity index is 1.65. The van der Waals surface area contributed by atoms with Crippen molar-refractivity contribution in [3.8, 4) is 5.75 Å². The van der Waals surface area contributed by atoms with E-state index in [1.165, 1.54) is 6.33 Å². The number of aliphatic imine (C=N–C) groups is 1. The average Bonchev–Trinajstić information content (AvgIpc) is 2.75. The van der Waals surface area contributed by atoms with E-state index in [-0.39, 0.29) is 5.88 Å². The van der Waals surface area contributed by atoms with Gasteiger partial charge >= 0.3 is 6.18 Å². The van der Waals surface area contributed by atoms with Crippen LogP contribution in [0, 0.1) is 0 Å². The van der Waals surface area contributed by atoms with Crippen molar-refractivity contribution in [2.75, 3.05) is 5.32 Å². The molecule has 0 amide bonds. The molecule has 0 aliphatic heterocycles. The summed E-state index contributed by atoms with van der Waals surface area (Å²) in [6, 6.07) is 14.8.